The van der Waals surface area contributed by atoms with Crippen molar-refractivity contribution in [1.82, 2.24) is 24.5 Å². The molecule has 42 heavy (non-hydrogen) atoms. The van der Waals surface area contributed by atoms with E-state index < -0.39 is 0 Å². The molecule has 0 aliphatic rings. The van der Waals surface area contributed by atoms with E-state index in [0.717, 1.165) is 65.8 Å². The lowest BCUT2D eigenvalue weighted by molar-refractivity contribution is 0.672. The van der Waals surface area contributed by atoms with Crippen molar-refractivity contribution in [2.45, 2.75) is 0 Å². The van der Waals surface area contributed by atoms with Crippen LogP contribution in [0.3, 0.4) is 0 Å². The quantitative estimate of drug-likeness (QED) is 0.224. The Morgan fingerprint density at radius 1 is 0.500 bits per heavy atom. The summed E-state index contributed by atoms with van der Waals surface area (Å²) in [5.41, 5.74) is 6.27. The first-order valence-corrected chi connectivity index (χ1v) is 13.8. The molecule has 0 aliphatic carbocycles. The van der Waals surface area contributed by atoms with Crippen LogP contribution in [-0.4, -0.2) is 24.5 Å². The maximum absolute atomic E-state index is 6.40. The molecule has 5 aromatic carbocycles. The maximum atomic E-state index is 6.40. The van der Waals surface area contributed by atoms with Crippen LogP contribution in [0.5, 0.6) is 0 Å². The molecule has 0 radical (unpaired) electrons. The van der Waals surface area contributed by atoms with Gasteiger partial charge in [-0.05, 0) is 18.2 Å². The molecule has 9 aromatic rings. The third kappa shape index (κ3) is 3.32. The van der Waals surface area contributed by atoms with Crippen molar-refractivity contribution < 1.29 is 4.42 Å². The number of furan rings is 1. The molecule has 0 saturated carbocycles. The summed E-state index contributed by atoms with van der Waals surface area (Å²) in [6.45, 7) is 0. The summed E-state index contributed by atoms with van der Waals surface area (Å²) >= 11 is 0. The molecule has 6 heteroatoms. The molecule has 4 aromatic heterocycles. The van der Waals surface area contributed by atoms with E-state index in [1.807, 2.05) is 91.1 Å². The minimum Gasteiger partial charge on any atom is -0.455 e. The molecule has 0 aliphatic heterocycles. The molecule has 4 heterocycles. The fourth-order valence-corrected chi connectivity index (χ4v) is 5.98. The molecule has 0 atom stereocenters. The van der Waals surface area contributed by atoms with Gasteiger partial charge in [0, 0.05) is 44.3 Å². The first-order chi connectivity index (χ1) is 20.8. The van der Waals surface area contributed by atoms with Crippen molar-refractivity contribution in [1.29, 1.82) is 0 Å². The number of nitrogens with zero attached hydrogens (tertiary/aromatic N) is 5. The molecule has 6 nitrogen and oxygen atoms in total. The Kier molecular flexibility index (Phi) is 4.80. The Hall–Kier alpha value is -5.88. The Morgan fingerprint density at radius 2 is 1.12 bits per heavy atom. The van der Waals surface area contributed by atoms with Crippen LogP contribution in [0.15, 0.2) is 132 Å². The molecule has 0 bridgehead atoms. The summed E-state index contributed by atoms with van der Waals surface area (Å²) < 4.78 is 8.52. The van der Waals surface area contributed by atoms with Crippen LogP contribution in [0.4, 0.5) is 0 Å². The number of fused-ring (bicyclic) bond motifs is 9. The summed E-state index contributed by atoms with van der Waals surface area (Å²) in [5.74, 6) is 1.75. The van der Waals surface area contributed by atoms with Gasteiger partial charge in [0.15, 0.2) is 11.6 Å². The van der Waals surface area contributed by atoms with Gasteiger partial charge in [-0.15, -0.1) is 0 Å². The van der Waals surface area contributed by atoms with Gasteiger partial charge in [0.2, 0.25) is 5.95 Å². The van der Waals surface area contributed by atoms with Crippen molar-refractivity contribution in [3.63, 3.8) is 0 Å². The lowest BCUT2D eigenvalue weighted by atomic mass is 10.1. The molecule has 0 unspecified atom stereocenters. The van der Waals surface area contributed by atoms with Crippen LogP contribution in [0, 0.1) is 0 Å². The second-order valence-corrected chi connectivity index (χ2v) is 10.3. The monoisotopic (exact) mass is 539 g/mol. The highest BCUT2D eigenvalue weighted by Gasteiger charge is 2.21. The van der Waals surface area contributed by atoms with Gasteiger partial charge in [-0.2, -0.15) is 9.97 Å². The average molecular weight is 540 g/mol. The van der Waals surface area contributed by atoms with E-state index in [1.165, 1.54) is 0 Å². The van der Waals surface area contributed by atoms with E-state index in [0.29, 0.717) is 17.6 Å². The van der Waals surface area contributed by atoms with Crippen LogP contribution in [0.2, 0.25) is 0 Å². The lowest BCUT2D eigenvalue weighted by Gasteiger charge is -2.11. The number of para-hydroxylation sites is 2. The predicted molar refractivity (Wildman–Crippen MR) is 168 cm³/mol. The van der Waals surface area contributed by atoms with Crippen LogP contribution in [0.25, 0.3) is 83.4 Å². The average Bonchev–Trinajstić information content (AvgIpc) is 3.62. The molecule has 196 valence electrons. The summed E-state index contributed by atoms with van der Waals surface area (Å²) in [5, 5.41) is 5.17. The van der Waals surface area contributed by atoms with Gasteiger partial charge in [0.25, 0.3) is 0 Å². The Labute approximate surface area is 239 Å². The van der Waals surface area contributed by atoms with Gasteiger partial charge < -0.3 is 4.42 Å². The van der Waals surface area contributed by atoms with E-state index in [9.17, 15) is 0 Å². The van der Waals surface area contributed by atoms with E-state index in [4.69, 9.17) is 24.4 Å². The zero-order chi connectivity index (χ0) is 27.6. The van der Waals surface area contributed by atoms with E-state index >= 15 is 0 Å². The number of hydrogen-bond acceptors (Lipinski definition) is 5. The largest absolute Gasteiger partial charge is 0.455 e. The molecule has 0 spiro atoms. The van der Waals surface area contributed by atoms with Gasteiger partial charge in [-0.1, -0.05) is 103 Å². The zero-order valence-electron chi connectivity index (χ0n) is 22.3. The Morgan fingerprint density at radius 3 is 1.86 bits per heavy atom. The highest BCUT2D eigenvalue weighted by Crippen LogP contribution is 2.39. The summed E-state index contributed by atoms with van der Waals surface area (Å²) in [6, 6.07) is 40.8. The smallest absolute Gasteiger partial charge is 0.238 e. The van der Waals surface area contributed by atoms with Crippen molar-refractivity contribution >= 4 is 54.6 Å². The second kappa shape index (κ2) is 8.81. The van der Waals surface area contributed by atoms with Crippen molar-refractivity contribution in [2.24, 2.45) is 0 Å². The summed E-state index contributed by atoms with van der Waals surface area (Å²) in [4.78, 5) is 20.1. The van der Waals surface area contributed by atoms with Gasteiger partial charge in [0.05, 0.1) is 16.6 Å². The number of hydrogen-bond donors (Lipinski definition) is 0. The number of rotatable bonds is 3. The molecular formula is C36H21N5O. The predicted octanol–water partition coefficient (Wildman–Crippen LogP) is 8.75. The SMILES string of the molecule is c1ccc(-c2nc(-c3ccccc3)nc(-n3c4ccccc4c4ccc5c(ncc6c7ccccc7oc65)c43)n2)cc1. The van der Waals surface area contributed by atoms with Crippen molar-refractivity contribution in [3.8, 4) is 28.7 Å². The van der Waals surface area contributed by atoms with Gasteiger partial charge in [-0.25, -0.2) is 4.98 Å². The molecule has 0 amide bonds. The van der Waals surface area contributed by atoms with E-state index in [2.05, 4.69) is 41.0 Å². The van der Waals surface area contributed by atoms with Crippen LogP contribution in [-0.2, 0) is 0 Å². The highest BCUT2D eigenvalue weighted by molar-refractivity contribution is 6.22. The molecule has 0 saturated heterocycles. The molecular weight excluding hydrogens is 518 g/mol. The van der Waals surface area contributed by atoms with Crippen LogP contribution in [0.1, 0.15) is 0 Å². The van der Waals surface area contributed by atoms with Crippen molar-refractivity contribution in [3.05, 3.63) is 128 Å². The zero-order valence-corrected chi connectivity index (χ0v) is 22.3. The number of aromatic nitrogens is 5. The van der Waals surface area contributed by atoms with Gasteiger partial charge in [-0.3, -0.25) is 9.55 Å². The van der Waals surface area contributed by atoms with Gasteiger partial charge >= 0.3 is 0 Å². The maximum Gasteiger partial charge on any atom is 0.238 e. The van der Waals surface area contributed by atoms with Crippen LogP contribution >= 0.6 is 0 Å². The molecule has 0 N–H and O–H groups in total. The summed E-state index contributed by atoms with van der Waals surface area (Å²) in [7, 11) is 0. The minimum atomic E-state index is 0.535. The lowest BCUT2D eigenvalue weighted by Crippen LogP contribution is -2.06. The summed E-state index contributed by atoms with van der Waals surface area (Å²) in [6.07, 6.45) is 1.92. The van der Waals surface area contributed by atoms with E-state index in [1.54, 1.807) is 0 Å². The van der Waals surface area contributed by atoms with Crippen LogP contribution < -0.4 is 0 Å². The highest BCUT2D eigenvalue weighted by atomic mass is 16.3. The third-order valence-corrected chi connectivity index (χ3v) is 7.90. The Balaban J connectivity index is 1.42. The topological polar surface area (TPSA) is 69.6 Å². The first-order valence-electron chi connectivity index (χ1n) is 13.8. The third-order valence-electron chi connectivity index (χ3n) is 7.90. The number of pyridine rings is 1. The normalized spacial score (nSPS) is 11.8. The Bertz CT molecular complexity index is 2400. The van der Waals surface area contributed by atoms with Gasteiger partial charge in [0.1, 0.15) is 11.2 Å². The molecule has 0 fully saturated rings. The van der Waals surface area contributed by atoms with Crippen molar-refractivity contribution in [2.75, 3.05) is 0 Å². The van der Waals surface area contributed by atoms with E-state index in [-0.39, 0.29) is 0 Å². The minimum absolute atomic E-state index is 0.535. The standard InChI is InChI=1S/C36H21N5O/c1-3-11-22(12-4-1)34-38-35(23-13-5-2-6-14-23)40-36(39-34)41-29-17-9-7-15-24(29)26-19-20-27-31(32(26)41)37-21-28-25-16-8-10-18-30(25)42-33(27)28/h1-21H. The fraction of sp³-hybridized carbons (Fsp3) is 0. The first kappa shape index (κ1) is 22.9. The second-order valence-electron chi connectivity index (χ2n) is 10.3. The fourth-order valence-electron chi connectivity index (χ4n) is 5.98. The number of benzene rings is 5. The molecule has 9 rings (SSSR count).